The number of hydrogen-bond donors (Lipinski definition) is 1. The van der Waals surface area contributed by atoms with Crippen LogP contribution in [-0.4, -0.2) is 29.2 Å². The van der Waals surface area contributed by atoms with Crippen LogP contribution in [-0.2, 0) is 35.1 Å². The Hall–Kier alpha value is -4.01. The number of carbonyl (C=O) groups excluding carboxylic acids is 1. The van der Waals surface area contributed by atoms with Crippen LogP contribution in [0.5, 0.6) is 11.5 Å². The van der Waals surface area contributed by atoms with Crippen molar-refractivity contribution >= 4 is 12.1 Å². The molecule has 1 aliphatic rings. The van der Waals surface area contributed by atoms with E-state index in [4.69, 9.17) is 14.6 Å². The number of nitrogens with zero attached hydrogens (tertiary/aromatic N) is 1. The molecule has 0 spiro atoms. The van der Waals surface area contributed by atoms with E-state index < -0.39 is 23.8 Å². The van der Waals surface area contributed by atoms with Crippen molar-refractivity contribution in [2.24, 2.45) is 0 Å². The summed E-state index contributed by atoms with van der Waals surface area (Å²) in [6, 6.07) is 16.7. The summed E-state index contributed by atoms with van der Waals surface area (Å²) in [5.41, 5.74) is 1.75. The average molecular weight is 499 g/mol. The molecule has 0 radical (unpaired) electrons. The molecule has 6 nitrogen and oxygen atoms in total. The van der Waals surface area contributed by atoms with Crippen LogP contribution < -0.4 is 4.74 Å². The fourth-order valence-electron chi connectivity index (χ4n) is 4.46. The first kappa shape index (κ1) is 25.1. The van der Waals surface area contributed by atoms with Crippen molar-refractivity contribution in [3.05, 3.63) is 94.5 Å². The molecule has 188 valence electrons. The number of hydrogen-bond acceptors (Lipinski definition) is 4. The van der Waals surface area contributed by atoms with Crippen LogP contribution >= 0.6 is 0 Å². The number of halogens is 3. The number of ether oxygens (including phenoxy) is 2. The lowest BCUT2D eigenvalue weighted by Crippen LogP contribution is -2.33. The molecule has 0 aromatic heterocycles. The number of benzene rings is 3. The lowest BCUT2D eigenvalue weighted by atomic mass is 10.0. The van der Waals surface area contributed by atoms with Crippen LogP contribution in [0.15, 0.2) is 66.7 Å². The number of methoxy groups -OCH3 is 1. The van der Waals surface area contributed by atoms with Crippen molar-refractivity contribution < 1.29 is 37.3 Å². The van der Waals surface area contributed by atoms with Gasteiger partial charge in [-0.15, -0.1) is 0 Å². The molecule has 3 aromatic carbocycles. The van der Waals surface area contributed by atoms with Crippen LogP contribution in [0.25, 0.3) is 0 Å². The lowest BCUT2D eigenvalue weighted by Gasteiger charge is -2.29. The third kappa shape index (κ3) is 5.62. The minimum absolute atomic E-state index is 0.121. The van der Waals surface area contributed by atoms with Gasteiger partial charge in [-0.3, -0.25) is 9.69 Å². The normalized spacial score (nSPS) is 14.7. The van der Waals surface area contributed by atoms with E-state index in [1.165, 1.54) is 24.1 Å². The van der Waals surface area contributed by atoms with E-state index in [0.29, 0.717) is 12.0 Å². The second-order valence-electron chi connectivity index (χ2n) is 8.49. The van der Waals surface area contributed by atoms with E-state index in [0.717, 1.165) is 29.7 Å². The van der Waals surface area contributed by atoms with E-state index in [1.54, 1.807) is 18.2 Å². The number of rotatable bonds is 7. The zero-order chi connectivity index (χ0) is 25.9. The zero-order valence-electron chi connectivity index (χ0n) is 19.4. The molecule has 9 heteroatoms. The summed E-state index contributed by atoms with van der Waals surface area (Å²) in [5, 5.41) is 9.05. The Morgan fingerprint density at radius 2 is 1.83 bits per heavy atom. The fourth-order valence-corrected chi connectivity index (χ4v) is 4.46. The van der Waals surface area contributed by atoms with Crippen LogP contribution in [0.3, 0.4) is 0 Å². The van der Waals surface area contributed by atoms with Crippen molar-refractivity contribution in [2.45, 2.75) is 38.0 Å². The largest absolute Gasteiger partial charge is 0.481 e. The number of fused-ring (bicyclic) bond motifs is 1. The molecule has 1 amide bonds. The highest BCUT2D eigenvalue weighted by atomic mass is 19.4. The van der Waals surface area contributed by atoms with Crippen LogP contribution in [0, 0.1) is 0 Å². The molecule has 3 aromatic rings. The Balaban J connectivity index is 1.71. The maximum absolute atomic E-state index is 13.6. The summed E-state index contributed by atoms with van der Waals surface area (Å²) in [6.45, 7) is -0.181. The number of carbonyl (C=O) groups is 2. The minimum atomic E-state index is -4.59. The van der Waals surface area contributed by atoms with Gasteiger partial charge in [0.15, 0.2) is 0 Å². The van der Waals surface area contributed by atoms with E-state index in [-0.39, 0.29) is 36.1 Å². The summed E-state index contributed by atoms with van der Waals surface area (Å²) < 4.78 is 51.6. The summed E-state index contributed by atoms with van der Waals surface area (Å²) >= 11 is 0. The number of alkyl halides is 3. The molecule has 1 N–H and O–H groups in total. The molecular weight excluding hydrogens is 475 g/mol. The number of carboxylic acids is 1. The van der Waals surface area contributed by atoms with Crippen LogP contribution in [0.1, 0.15) is 40.3 Å². The first-order valence-corrected chi connectivity index (χ1v) is 11.3. The Morgan fingerprint density at radius 1 is 1.06 bits per heavy atom. The van der Waals surface area contributed by atoms with Gasteiger partial charge in [-0.05, 0) is 59.9 Å². The standard InChI is InChI=1S/C27H24F3NO5/c1-35-26(34)31(23-11-9-18-6-2-3-8-22(18)23)16-19-15-20(27(28,29)30)10-12-24(19)36-21-7-4-5-17(13-21)14-25(32)33/h2-8,10,12-13,15,23H,9,11,14,16H2,1H3,(H,32,33)/t23-/m0/s1. The third-order valence-corrected chi connectivity index (χ3v) is 6.10. The van der Waals surface area contributed by atoms with Gasteiger partial charge in [0.2, 0.25) is 0 Å². The van der Waals surface area contributed by atoms with Gasteiger partial charge >= 0.3 is 18.2 Å². The van der Waals surface area contributed by atoms with Crippen molar-refractivity contribution in [1.29, 1.82) is 0 Å². The molecule has 1 aliphatic carbocycles. The monoisotopic (exact) mass is 499 g/mol. The smallest absolute Gasteiger partial charge is 0.416 e. The number of carboxylic acid groups (broad SMARTS) is 1. The van der Waals surface area contributed by atoms with Gasteiger partial charge in [-0.2, -0.15) is 13.2 Å². The van der Waals surface area contributed by atoms with Crippen molar-refractivity contribution in [1.82, 2.24) is 4.90 Å². The first-order valence-electron chi connectivity index (χ1n) is 11.3. The van der Waals surface area contributed by atoms with Crippen LogP contribution in [0.4, 0.5) is 18.0 Å². The fraction of sp³-hybridized carbons (Fsp3) is 0.259. The molecule has 36 heavy (non-hydrogen) atoms. The topological polar surface area (TPSA) is 76.1 Å². The SMILES string of the molecule is COC(=O)N(Cc1cc(C(F)(F)F)ccc1Oc1cccc(CC(=O)O)c1)[C@H]1CCc2ccccc21. The van der Waals surface area contributed by atoms with Gasteiger partial charge in [-0.25, -0.2) is 4.79 Å². The van der Waals surface area contributed by atoms with Crippen molar-refractivity contribution in [3.63, 3.8) is 0 Å². The Morgan fingerprint density at radius 3 is 2.56 bits per heavy atom. The van der Waals surface area contributed by atoms with E-state index in [2.05, 4.69) is 0 Å². The molecule has 0 bridgehead atoms. The molecule has 1 atom stereocenters. The molecule has 0 heterocycles. The van der Waals surface area contributed by atoms with E-state index in [9.17, 15) is 22.8 Å². The Bertz CT molecular complexity index is 1270. The molecule has 0 saturated carbocycles. The predicted molar refractivity (Wildman–Crippen MR) is 125 cm³/mol. The van der Waals surface area contributed by atoms with Crippen LogP contribution in [0.2, 0.25) is 0 Å². The predicted octanol–water partition coefficient (Wildman–Crippen LogP) is 6.38. The maximum Gasteiger partial charge on any atom is 0.416 e. The van der Waals surface area contributed by atoms with E-state index >= 15 is 0 Å². The van der Waals surface area contributed by atoms with E-state index in [1.807, 2.05) is 24.3 Å². The second-order valence-corrected chi connectivity index (χ2v) is 8.49. The quantitative estimate of drug-likeness (QED) is 0.408. The minimum Gasteiger partial charge on any atom is -0.481 e. The molecule has 0 aliphatic heterocycles. The highest BCUT2D eigenvalue weighted by Gasteiger charge is 2.34. The summed E-state index contributed by atoms with van der Waals surface area (Å²) in [5.74, 6) is -0.630. The molecule has 0 saturated heterocycles. The zero-order valence-corrected chi connectivity index (χ0v) is 19.4. The second kappa shape index (κ2) is 10.3. The third-order valence-electron chi connectivity index (χ3n) is 6.10. The van der Waals surface area contributed by atoms with Gasteiger partial charge < -0.3 is 14.6 Å². The molecule has 0 unspecified atom stereocenters. The van der Waals surface area contributed by atoms with Gasteiger partial charge in [-0.1, -0.05) is 36.4 Å². The van der Waals surface area contributed by atoms with Crippen molar-refractivity contribution in [2.75, 3.05) is 7.11 Å². The summed E-state index contributed by atoms with van der Waals surface area (Å²) in [7, 11) is 1.23. The lowest BCUT2D eigenvalue weighted by molar-refractivity contribution is -0.138. The molecule has 0 fully saturated rings. The highest BCUT2D eigenvalue weighted by molar-refractivity contribution is 5.70. The van der Waals surface area contributed by atoms with Gasteiger partial charge in [0.25, 0.3) is 0 Å². The number of aliphatic carboxylic acids is 1. The highest BCUT2D eigenvalue weighted by Crippen LogP contribution is 2.39. The van der Waals surface area contributed by atoms with Gasteiger partial charge in [0.1, 0.15) is 11.5 Å². The van der Waals surface area contributed by atoms with Gasteiger partial charge in [0.05, 0.1) is 31.7 Å². The Labute approximate surface area is 205 Å². The number of aryl methyl sites for hydroxylation is 1. The molecular formula is C27H24F3NO5. The Kier molecular flexibility index (Phi) is 7.19. The summed E-state index contributed by atoms with van der Waals surface area (Å²) in [4.78, 5) is 25.3. The first-order chi connectivity index (χ1) is 17.2. The maximum atomic E-state index is 13.6. The molecule has 4 rings (SSSR count). The average Bonchev–Trinajstić information content (AvgIpc) is 3.26. The summed E-state index contributed by atoms with van der Waals surface area (Å²) in [6.07, 6.45) is -4.14. The van der Waals surface area contributed by atoms with Gasteiger partial charge in [0, 0.05) is 5.56 Å². The van der Waals surface area contributed by atoms with Crippen molar-refractivity contribution in [3.8, 4) is 11.5 Å². The number of amides is 1.